The minimum Gasteiger partial charge on any atom is -0.395 e. The number of nitrogens with zero attached hydrogens (tertiary/aromatic N) is 2. The van der Waals surface area contributed by atoms with Gasteiger partial charge in [-0.25, -0.2) is 0 Å². The molecule has 4 heteroatoms. The van der Waals surface area contributed by atoms with Gasteiger partial charge in [0.1, 0.15) is 0 Å². The van der Waals surface area contributed by atoms with Crippen molar-refractivity contribution in [3.05, 3.63) is 34.9 Å². The summed E-state index contributed by atoms with van der Waals surface area (Å²) in [5, 5.41) is 9.28. The van der Waals surface area contributed by atoms with Crippen molar-refractivity contribution in [3.8, 4) is 0 Å². The highest BCUT2D eigenvalue weighted by atomic mass is 16.5. The van der Waals surface area contributed by atoms with Gasteiger partial charge in [0.15, 0.2) is 0 Å². The van der Waals surface area contributed by atoms with Gasteiger partial charge in [0.05, 0.1) is 19.8 Å². The molecular formula is C17H28N2O2. The van der Waals surface area contributed by atoms with Crippen LogP contribution in [0.4, 0.5) is 0 Å². The zero-order valence-electron chi connectivity index (χ0n) is 13.3. The van der Waals surface area contributed by atoms with Gasteiger partial charge in [-0.1, -0.05) is 18.2 Å². The summed E-state index contributed by atoms with van der Waals surface area (Å²) in [6.07, 6.45) is 0. The number of hydrogen-bond donors (Lipinski definition) is 1. The fourth-order valence-electron chi connectivity index (χ4n) is 2.68. The average molecular weight is 292 g/mol. The van der Waals surface area contributed by atoms with Gasteiger partial charge < -0.3 is 9.84 Å². The topological polar surface area (TPSA) is 35.9 Å². The molecule has 0 unspecified atom stereocenters. The minimum atomic E-state index is 0.216. The number of aliphatic hydroxyl groups excluding tert-OH is 1. The van der Waals surface area contributed by atoms with Crippen LogP contribution in [-0.2, 0) is 11.3 Å². The zero-order chi connectivity index (χ0) is 15.1. The molecule has 21 heavy (non-hydrogen) atoms. The monoisotopic (exact) mass is 292 g/mol. The number of benzene rings is 1. The number of hydrogen-bond acceptors (Lipinski definition) is 4. The fraction of sp³-hybridized carbons (Fsp3) is 0.647. The smallest absolute Gasteiger partial charge is 0.0594 e. The van der Waals surface area contributed by atoms with Crippen LogP contribution in [0.3, 0.4) is 0 Å². The van der Waals surface area contributed by atoms with Crippen LogP contribution in [0.25, 0.3) is 0 Å². The summed E-state index contributed by atoms with van der Waals surface area (Å²) in [7, 11) is 0. The highest BCUT2D eigenvalue weighted by Gasteiger charge is 2.12. The summed E-state index contributed by atoms with van der Waals surface area (Å²) in [4.78, 5) is 4.77. The van der Waals surface area contributed by atoms with Crippen molar-refractivity contribution in [1.29, 1.82) is 0 Å². The first-order valence-electron chi connectivity index (χ1n) is 7.88. The van der Waals surface area contributed by atoms with Crippen molar-refractivity contribution in [3.63, 3.8) is 0 Å². The lowest BCUT2D eigenvalue weighted by molar-refractivity contribution is 0.0320. The highest BCUT2D eigenvalue weighted by Crippen LogP contribution is 2.12. The molecule has 1 aliphatic heterocycles. The molecule has 0 bridgehead atoms. The van der Waals surface area contributed by atoms with Crippen molar-refractivity contribution in [2.45, 2.75) is 20.4 Å². The average Bonchev–Trinajstić information content (AvgIpc) is 2.50. The normalized spacial score (nSPS) is 16.6. The maximum absolute atomic E-state index is 9.28. The third-order valence-corrected chi connectivity index (χ3v) is 4.23. The summed E-state index contributed by atoms with van der Waals surface area (Å²) in [6, 6.07) is 6.64. The van der Waals surface area contributed by atoms with E-state index in [1.54, 1.807) is 0 Å². The van der Waals surface area contributed by atoms with Crippen molar-refractivity contribution in [1.82, 2.24) is 9.80 Å². The van der Waals surface area contributed by atoms with E-state index in [0.29, 0.717) is 0 Å². The molecule has 1 heterocycles. The lowest BCUT2D eigenvalue weighted by Gasteiger charge is -2.30. The van der Waals surface area contributed by atoms with Gasteiger partial charge in [0.25, 0.3) is 0 Å². The molecule has 0 atom stereocenters. The van der Waals surface area contributed by atoms with E-state index in [2.05, 4.69) is 41.8 Å². The van der Waals surface area contributed by atoms with Gasteiger partial charge in [0, 0.05) is 39.3 Å². The third kappa shape index (κ3) is 5.40. The van der Waals surface area contributed by atoms with Crippen LogP contribution in [0, 0.1) is 13.8 Å². The first-order valence-corrected chi connectivity index (χ1v) is 7.88. The van der Waals surface area contributed by atoms with Crippen molar-refractivity contribution < 1.29 is 9.84 Å². The number of rotatable bonds is 7. The molecule has 1 aliphatic rings. The molecule has 0 aliphatic carbocycles. The van der Waals surface area contributed by atoms with Crippen LogP contribution in [0.5, 0.6) is 0 Å². The van der Waals surface area contributed by atoms with Crippen LogP contribution in [0.2, 0.25) is 0 Å². The van der Waals surface area contributed by atoms with E-state index in [9.17, 15) is 5.11 Å². The summed E-state index contributed by atoms with van der Waals surface area (Å²) in [5.41, 5.74) is 4.00. The van der Waals surface area contributed by atoms with Crippen LogP contribution in [0.15, 0.2) is 18.2 Å². The Balaban J connectivity index is 1.86. The Morgan fingerprint density at radius 2 is 1.90 bits per heavy atom. The summed E-state index contributed by atoms with van der Waals surface area (Å²) < 4.78 is 5.38. The molecule has 1 aromatic rings. The molecule has 0 radical (unpaired) electrons. The highest BCUT2D eigenvalue weighted by molar-refractivity contribution is 5.29. The van der Waals surface area contributed by atoms with E-state index in [0.717, 1.165) is 52.5 Å². The SMILES string of the molecule is Cc1ccc(CN(CCO)CCN2CCOCC2)cc1C. The van der Waals surface area contributed by atoms with Gasteiger partial charge >= 0.3 is 0 Å². The quantitative estimate of drug-likeness (QED) is 0.825. The molecule has 0 aromatic heterocycles. The van der Waals surface area contributed by atoms with Gasteiger partial charge in [-0.15, -0.1) is 0 Å². The van der Waals surface area contributed by atoms with Crippen molar-refractivity contribution in [2.75, 3.05) is 52.5 Å². The van der Waals surface area contributed by atoms with Gasteiger partial charge in [-0.05, 0) is 30.5 Å². The van der Waals surface area contributed by atoms with Gasteiger partial charge in [-0.3, -0.25) is 9.80 Å². The second kappa shape index (κ2) is 8.49. The van der Waals surface area contributed by atoms with Crippen LogP contribution < -0.4 is 0 Å². The second-order valence-corrected chi connectivity index (χ2v) is 5.87. The number of ether oxygens (including phenoxy) is 1. The Bertz CT molecular complexity index is 431. The minimum absolute atomic E-state index is 0.216. The molecule has 118 valence electrons. The molecule has 4 nitrogen and oxygen atoms in total. The third-order valence-electron chi connectivity index (χ3n) is 4.23. The van der Waals surface area contributed by atoms with Gasteiger partial charge in [-0.2, -0.15) is 0 Å². The Morgan fingerprint density at radius 3 is 2.57 bits per heavy atom. The molecule has 1 aromatic carbocycles. The van der Waals surface area contributed by atoms with Crippen LogP contribution >= 0.6 is 0 Å². The first-order chi connectivity index (χ1) is 10.2. The Morgan fingerprint density at radius 1 is 1.14 bits per heavy atom. The number of morpholine rings is 1. The fourth-order valence-corrected chi connectivity index (χ4v) is 2.68. The van der Waals surface area contributed by atoms with Crippen LogP contribution in [-0.4, -0.2) is 67.5 Å². The van der Waals surface area contributed by atoms with E-state index in [-0.39, 0.29) is 6.61 Å². The Labute approximate surface area is 128 Å². The van der Waals surface area contributed by atoms with Gasteiger partial charge in [0.2, 0.25) is 0 Å². The lowest BCUT2D eigenvalue weighted by Crippen LogP contribution is -2.41. The van der Waals surface area contributed by atoms with Crippen LogP contribution in [0.1, 0.15) is 16.7 Å². The number of aryl methyl sites for hydroxylation is 2. The Hall–Kier alpha value is -0.940. The van der Waals surface area contributed by atoms with Crippen molar-refractivity contribution >= 4 is 0 Å². The standard InChI is InChI=1S/C17H28N2O2/c1-15-3-4-17(13-16(15)2)14-19(7-10-20)6-5-18-8-11-21-12-9-18/h3-4,13,20H,5-12,14H2,1-2H3. The maximum atomic E-state index is 9.28. The molecule has 1 fully saturated rings. The number of aliphatic hydroxyl groups is 1. The molecule has 2 rings (SSSR count). The second-order valence-electron chi connectivity index (χ2n) is 5.87. The van der Waals surface area contributed by atoms with E-state index >= 15 is 0 Å². The van der Waals surface area contributed by atoms with E-state index in [1.807, 2.05) is 0 Å². The summed E-state index contributed by atoms with van der Waals surface area (Å²) in [5.74, 6) is 0. The first kappa shape index (κ1) is 16.4. The summed E-state index contributed by atoms with van der Waals surface area (Å²) in [6.45, 7) is 11.9. The lowest BCUT2D eigenvalue weighted by atomic mass is 10.1. The largest absolute Gasteiger partial charge is 0.395 e. The van der Waals surface area contributed by atoms with E-state index in [1.165, 1.54) is 16.7 Å². The molecule has 0 spiro atoms. The predicted molar refractivity (Wildman–Crippen MR) is 85.5 cm³/mol. The zero-order valence-corrected chi connectivity index (χ0v) is 13.3. The molecule has 0 amide bonds. The van der Waals surface area contributed by atoms with Crippen molar-refractivity contribution in [2.24, 2.45) is 0 Å². The summed E-state index contributed by atoms with van der Waals surface area (Å²) >= 11 is 0. The van der Waals surface area contributed by atoms with E-state index < -0.39 is 0 Å². The van der Waals surface area contributed by atoms with E-state index in [4.69, 9.17) is 4.74 Å². The molecule has 1 saturated heterocycles. The predicted octanol–water partition coefficient (Wildman–Crippen LogP) is 1.43. The molecular weight excluding hydrogens is 264 g/mol. The molecule has 0 saturated carbocycles. The Kier molecular flexibility index (Phi) is 6.64. The molecule has 1 N–H and O–H groups in total. The maximum Gasteiger partial charge on any atom is 0.0594 e.